The van der Waals surface area contributed by atoms with Gasteiger partial charge in [-0.1, -0.05) is 30.3 Å². The minimum atomic E-state index is -0.529. The van der Waals surface area contributed by atoms with Gasteiger partial charge in [0.15, 0.2) is 0 Å². The Morgan fingerprint density at radius 1 is 1.10 bits per heavy atom. The normalized spacial score (nSPS) is 10.9. The number of hydrogen-bond acceptors (Lipinski definition) is 5. The molecule has 0 saturated heterocycles. The second-order valence-electron chi connectivity index (χ2n) is 6.38. The zero-order valence-corrected chi connectivity index (χ0v) is 15.6. The van der Waals surface area contributed by atoms with E-state index in [-0.39, 0.29) is 18.7 Å². The summed E-state index contributed by atoms with van der Waals surface area (Å²) in [4.78, 5) is 40.4. The van der Waals surface area contributed by atoms with E-state index in [4.69, 9.17) is 4.74 Å². The van der Waals surface area contributed by atoms with Gasteiger partial charge in [-0.3, -0.25) is 9.59 Å². The minimum absolute atomic E-state index is 0.227. The number of aromatic amines is 1. The maximum atomic E-state index is 12.8. The number of ether oxygens (including phenoxy) is 1. The number of para-hydroxylation sites is 2. The van der Waals surface area contributed by atoms with Gasteiger partial charge in [-0.2, -0.15) is 5.10 Å². The van der Waals surface area contributed by atoms with Crippen molar-refractivity contribution in [2.45, 2.75) is 13.5 Å². The van der Waals surface area contributed by atoms with Crippen LogP contribution >= 0.6 is 0 Å². The largest absolute Gasteiger partial charge is 0.462 e. The summed E-state index contributed by atoms with van der Waals surface area (Å²) in [6.07, 6.45) is 1.56. The van der Waals surface area contributed by atoms with Crippen LogP contribution in [0.5, 0.6) is 0 Å². The summed E-state index contributed by atoms with van der Waals surface area (Å²) in [6.45, 7) is 1.64. The lowest BCUT2D eigenvalue weighted by molar-refractivity contribution is -0.117. The van der Waals surface area contributed by atoms with Gasteiger partial charge in [0.1, 0.15) is 12.1 Å². The van der Waals surface area contributed by atoms with E-state index in [2.05, 4.69) is 15.4 Å². The molecule has 8 heteroatoms. The Morgan fingerprint density at radius 2 is 1.86 bits per heavy atom. The van der Waals surface area contributed by atoms with Gasteiger partial charge in [-0.25, -0.2) is 9.48 Å². The molecule has 146 valence electrons. The highest BCUT2D eigenvalue weighted by Gasteiger charge is 2.16. The molecule has 0 atom stereocenters. The highest BCUT2D eigenvalue weighted by molar-refractivity contribution is 6.06. The Kier molecular flexibility index (Phi) is 4.82. The zero-order chi connectivity index (χ0) is 20.4. The first-order valence-corrected chi connectivity index (χ1v) is 9.11. The van der Waals surface area contributed by atoms with Crippen LogP contribution in [0.4, 0.5) is 5.69 Å². The highest BCUT2D eigenvalue weighted by Crippen LogP contribution is 2.22. The zero-order valence-electron chi connectivity index (χ0n) is 15.6. The van der Waals surface area contributed by atoms with Gasteiger partial charge >= 0.3 is 5.97 Å². The van der Waals surface area contributed by atoms with E-state index < -0.39 is 17.4 Å². The number of esters is 1. The fourth-order valence-electron chi connectivity index (χ4n) is 3.19. The first-order chi connectivity index (χ1) is 14.1. The number of anilines is 1. The summed E-state index contributed by atoms with van der Waals surface area (Å²) in [5.41, 5.74) is 1.38. The quantitative estimate of drug-likeness (QED) is 0.510. The number of H-pyrrole nitrogens is 1. The van der Waals surface area contributed by atoms with Crippen LogP contribution < -0.4 is 10.9 Å². The third kappa shape index (κ3) is 3.47. The third-order valence-electron chi connectivity index (χ3n) is 4.51. The standard InChI is InChI=1S/C21H18N4O4/c1-2-29-21(28)14-8-4-6-10-17(14)23-18(26)12-25-20(27)19-15(11-22-25)13-7-3-5-9-16(13)24-19/h3-11,24H,2,12H2,1H3,(H,23,26). The van der Waals surface area contributed by atoms with Crippen molar-refractivity contribution < 1.29 is 14.3 Å². The number of nitrogens with zero attached hydrogens (tertiary/aromatic N) is 2. The fourth-order valence-corrected chi connectivity index (χ4v) is 3.19. The minimum Gasteiger partial charge on any atom is -0.462 e. The molecule has 29 heavy (non-hydrogen) atoms. The van der Waals surface area contributed by atoms with Gasteiger partial charge in [0, 0.05) is 16.3 Å². The number of carbonyl (C=O) groups excluding carboxylic acids is 2. The maximum absolute atomic E-state index is 12.8. The smallest absolute Gasteiger partial charge is 0.340 e. The van der Waals surface area contributed by atoms with Gasteiger partial charge in [0.05, 0.1) is 24.1 Å². The third-order valence-corrected chi connectivity index (χ3v) is 4.51. The molecule has 0 saturated carbocycles. The van der Waals surface area contributed by atoms with Gasteiger partial charge in [-0.15, -0.1) is 0 Å². The molecule has 0 aliphatic rings. The Bertz CT molecular complexity index is 1290. The van der Waals surface area contributed by atoms with Crippen LogP contribution in [0.15, 0.2) is 59.5 Å². The number of aromatic nitrogens is 3. The second-order valence-corrected chi connectivity index (χ2v) is 6.38. The lowest BCUT2D eigenvalue weighted by atomic mass is 10.2. The first-order valence-electron chi connectivity index (χ1n) is 9.11. The Labute approximate surface area is 165 Å². The van der Waals surface area contributed by atoms with Gasteiger partial charge in [0.25, 0.3) is 5.56 Å². The van der Waals surface area contributed by atoms with E-state index in [1.807, 2.05) is 24.3 Å². The molecule has 0 unspecified atom stereocenters. The number of amides is 1. The summed E-state index contributed by atoms with van der Waals surface area (Å²) < 4.78 is 6.09. The van der Waals surface area contributed by atoms with E-state index >= 15 is 0 Å². The van der Waals surface area contributed by atoms with Crippen LogP contribution in [0, 0.1) is 0 Å². The number of fused-ring (bicyclic) bond motifs is 3. The van der Waals surface area contributed by atoms with Crippen LogP contribution in [0.3, 0.4) is 0 Å². The number of rotatable bonds is 5. The number of nitrogens with one attached hydrogen (secondary N) is 2. The van der Waals surface area contributed by atoms with Crippen molar-refractivity contribution in [3.05, 3.63) is 70.6 Å². The summed E-state index contributed by atoms with van der Waals surface area (Å²) >= 11 is 0. The van der Waals surface area contributed by atoms with Crippen molar-refractivity contribution >= 4 is 39.4 Å². The summed E-state index contributed by atoms with van der Waals surface area (Å²) in [5, 5.41) is 8.38. The van der Waals surface area contributed by atoms with Crippen LogP contribution in [-0.4, -0.2) is 33.2 Å². The van der Waals surface area contributed by atoms with Crippen molar-refractivity contribution in [3.8, 4) is 0 Å². The molecule has 4 aromatic rings. The topological polar surface area (TPSA) is 106 Å². The van der Waals surface area contributed by atoms with Crippen molar-refractivity contribution in [1.29, 1.82) is 0 Å². The van der Waals surface area contributed by atoms with Crippen LogP contribution in [0.25, 0.3) is 21.8 Å². The monoisotopic (exact) mass is 390 g/mol. The Balaban J connectivity index is 1.60. The van der Waals surface area contributed by atoms with Crippen LogP contribution in [-0.2, 0) is 16.1 Å². The average molecular weight is 390 g/mol. The molecule has 0 fully saturated rings. The van der Waals surface area contributed by atoms with Crippen LogP contribution in [0.2, 0.25) is 0 Å². The molecule has 2 heterocycles. The van der Waals surface area contributed by atoms with E-state index in [9.17, 15) is 14.4 Å². The predicted molar refractivity (Wildman–Crippen MR) is 109 cm³/mol. The maximum Gasteiger partial charge on any atom is 0.340 e. The number of benzene rings is 2. The summed E-state index contributed by atoms with van der Waals surface area (Å²) in [6, 6.07) is 14.1. The van der Waals surface area contributed by atoms with Gasteiger partial charge in [-0.05, 0) is 25.1 Å². The molecule has 0 spiro atoms. The Hall–Kier alpha value is -3.94. The van der Waals surface area contributed by atoms with Crippen molar-refractivity contribution in [2.75, 3.05) is 11.9 Å². The highest BCUT2D eigenvalue weighted by atomic mass is 16.5. The molecule has 2 N–H and O–H groups in total. The molecule has 8 nitrogen and oxygen atoms in total. The molecule has 2 aromatic heterocycles. The van der Waals surface area contributed by atoms with E-state index in [1.54, 1.807) is 37.4 Å². The van der Waals surface area contributed by atoms with Gasteiger partial charge < -0.3 is 15.0 Å². The molecule has 0 aliphatic carbocycles. The average Bonchev–Trinajstić information content (AvgIpc) is 3.10. The lowest BCUT2D eigenvalue weighted by Crippen LogP contribution is -2.30. The molecule has 0 radical (unpaired) electrons. The molecular formula is C21H18N4O4. The molecule has 4 rings (SSSR count). The fraction of sp³-hybridized carbons (Fsp3) is 0.143. The first kappa shape index (κ1) is 18.4. The number of carbonyl (C=O) groups is 2. The second kappa shape index (κ2) is 7.59. The SMILES string of the molecule is CCOC(=O)c1ccccc1NC(=O)Cn1ncc2c([nH]c3ccccc32)c1=O. The van der Waals surface area contributed by atoms with Gasteiger partial charge in [0.2, 0.25) is 5.91 Å². The molecule has 1 amide bonds. The Morgan fingerprint density at radius 3 is 2.69 bits per heavy atom. The lowest BCUT2D eigenvalue weighted by Gasteiger charge is -2.10. The number of hydrogen-bond donors (Lipinski definition) is 2. The molecular weight excluding hydrogens is 372 g/mol. The van der Waals surface area contributed by atoms with Crippen LogP contribution in [0.1, 0.15) is 17.3 Å². The molecule has 2 aromatic carbocycles. The summed E-state index contributed by atoms with van der Waals surface area (Å²) in [7, 11) is 0. The van der Waals surface area contributed by atoms with Crippen molar-refractivity contribution in [3.63, 3.8) is 0 Å². The van der Waals surface area contributed by atoms with E-state index in [1.165, 1.54) is 0 Å². The molecule has 0 bridgehead atoms. The van der Waals surface area contributed by atoms with E-state index in [0.717, 1.165) is 15.6 Å². The predicted octanol–water partition coefficient (Wildman–Crippen LogP) is 2.69. The summed E-state index contributed by atoms with van der Waals surface area (Å²) in [5.74, 6) is -1.01. The van der Waals surface area contributed by atoms with E-state index in [0.29, 0.717) is 16.6 Å². The van der Waals surface area contributed by atoms with Crippen molar-refractivity contribution in [2.24, 2.45) is 0 Å². The molecule has 0 aliphatic heterocycles. The van der Waals surface area contributed by atoms with Crippen molar-refractivity contribution in [1.82, 2.24) is 14.8 Å².